The van der Waals surface area contributed by atoms with E-state index in [-0.39, 0.29) is 23.7 Å². The van der Waals surface area contributed by atoms with Crippen LogP contribution in [0.2, 0.25) is 0 Å². The zero-order valence-corrected chi connectivity index (χ0v) is 25.1. The monoisotopic (exact) mass is 602 g/mol. The van der Waals surface area contributed by atoms with E-state index in [0.717, 1.165) is 11.1 Å². The van der Waals surface area contributed by atoms with Crippen LogP contribution in [0.1, 0.15) is 44.6 Å². The van der Waals surface area contributed by atoms with Gasteiger partial charge in [-0.3, -0.25) is 9.47 Å². The van der Waals surface area contributed by atoms with Gasteiger partial charge in [-0.05, 0) is 64.1 Å². The van der Waals surface area contributed by atoms with E-state index in [0.29, 0.717) is 51.2 Å². The maximum Gasteiger partial charge on any atom is 0.282 e. The van der Waals surface area contributed by atoms with Crippen LogP contribution >= 0.6 is 0 Å². The normalized spacial score (nSPS) is 13.9. The molecule has 1 aliphatic rings. The molecular formula is C33H30N8O4. The molecule has 45 heavy (non-hydrogen) atoms. The number of hydrogen-bond donors (Lipinski definition) is 3. The van der Waals surface area contributed by atoms with E-state index >= 15 is 0 Å². The van der Waals surface area contributed by atoms with Crippen LogP contribution in [-0.2, 0) is 13.0 Å². The lowest BCUT2D eigenvalue weighted by atomic mass is 9.95. The van der Waals surface area contributed by atoms with Gasteiger partial charge in [-0.1, -0.05) is 17.9 Å². The summed E-state index contributed by atoms with van der Waals surface area (Å²) in [6.45, 7) is 7.13. The fourth-order valence-electron chi connectivity index (χ4n) is 5.72. The molecule has 7 rings (SSSR count). The highest BCUT2D eigenvalue weighted by Crippen LogP contribution is 2.47. The van der Waals surface area contributed by atoms with E-state index < -0.39 is 11.2 Å². The number of nitrogen functional groups attached to an aromatic ring is 1. The Bertz CT molecular complexity index is 2260. The van der Waals surface area contributed by atoms with E-state index in [9.17, 15) is 15.0 Å². The highest BCUT2D eigenvalue weighted by atomic mass is 16.5. The third-order valence-electron chi connectivity index (χ3n) is 7.59. The summed E-state index contributed by atoms with van der Waals surface area (Å²) in [7, 11) is 0. The van der Waals surface area contributed by atoms with E-state index in [2.05, 4.69) is 21.8 Å². The summed E-state index contributed by atoms with van der Waals surface area (Å²) in [6.07, 6.45) is 5.41. The molecule has 12 heteroatoms. The Labute approximate surface area is 257 Å². The van der Waals surface area contributed by atoms with Gasteiger partial charge in [-0.2, -0.15) is 9.77 Å². The van der Waals surface area contributed by atoms with Gasteiger partial charge in [-0.25, -0.2) is 19.6 Å². The first-order chi connectivity index (χ1) is 21.4. The van der Waals surface area contributed by atoms with E-state index in [4.69, 9.17) is 20.6 Å². The lowest BCUT2D eigenvalue weighted by Crippen LogP contribution is -2.31. The number of nitrogens with zero attached hydrogens (tertiary/aromatic N) is 7. The number of phenolic OH excluding ortho intramolecular Hbond substituents is 1. The van der Waals surface area contributed by atoms with E-state index in [1.165, 1.54) is 11.0 Å². The van der Waals surface area contributed by atoms with Crippen molar-refractivity contribution in [3.8, 4) is 34.6 Å². The van der Waals surface area contributed by atoms with Crippen molar-refractivity contribution in [3.05, 3.63) is 88.5 Å². The van der Waals surface area contributed by atoms with Crippen molar-refractivity contribution in [1.82, 2.24) is 34.1 Å². The van der Waals surface area contributed by atoms with Crippen LogP contribution in [0.3, 0.4) is 0 Å². The van der Waals surface area contributed by atoms with Crippen LogP contribution in [-0.4, -0.2) is 55.5 Å². The van der Waals surface area contributed by atoms with Gasteiger partial charge in [0, 0.05) is 35.5 Å². The lowest BCUT2D eigenvalue weighted by Gasteiger charge is -2.16. The molecule has 6 aromatic rings. The Kier molecular flexibility index (Phi) is 6.21. The summed E-state index contributed by atoms with van der Waals surface area (Å²) < 4.78 is 10.8. The number of hydrogen-bond acceptors (Lipinski definition) is 9. The van der Waals surface area contributed by atoms with Gasteiger partial charge < -0.3 is 20.7 Å². The molecule has 0 spiro atoms. The van der Waals surface area contributed by atoms with Crippen LogP contribution in [0.5, 0.6) is 11.5 Å². The number of ether oxygens (including phenoxy) is 1. The predicted molar refractivity (Wildman–Crippen MR) is 169 cm³/mol. The molecule has 12 nitrogen and oxygen atoms in total. The number of benzene rings is 2. The van der Waals surface area contributed by atoms with Gasteiger partial charge in [0.2, 0.25) is 0 Å². The van der Waals surface area contributed by atoms with Gasteiger partial charge in [0.25, 0.3) is 5.56 Å². The average Bonchev–Trinajstić information content (AvgIpc) is 3.70. The SMILES string of the molecule is CC(C)(O)C#Cc1cccc2nc(Cn3nc(-c4ccc(O)c5c4CC(C)(C)O5)c4c(N)ncnc43)n(-n3cccc3)c(=O)c12. The van der Waals surface area contributed by atoms with Gasteiger partial charge in [0.1, 0.15) is 35.6 Å². The quantitative estimate of drug-likeness (QED) is 0.257. The van der Waals surface area contributed by atoms with Gasteiger partial charge >= 0.3 is 0 Å². The van der Waals surface area contributed by atoms with Gasteiger partial charge in [0.15, 0.2) is 23.0 Å². The van der Waals surface area contributed by atoms with Crippen molar-refractivity contribution in [2.24, 2.45) is 0 Å². The van der Waals surface area contributed by atoms with Crippen LogP contribution in [0.15, 0.2) is 66.0 Å². The number of anilines is 1. The van der Waals surface area contributed by atoms with Gasteiger partial charge in [0.05, 0.1) is 16.3 Å². The fourth-order valence-corrected chi connectivity index (χ4v) is 5.72. The fraction of sp³-hybridized carbons (Fsp3) is 0.242. The van der Waals surface area contributed by atoms with E-state index in [1.807, 2.05) is 26.0 Å². The second-order valence-electron chi connectivity index (χ2n) is 12.2. The molecule has 0 saturated carbocycles. The molecule has 0 aliphatic carbocycles. The lowest BCUT2D eigenvalue weighted by molar-refractivity contribution is 0.134. The Hall–Kier alpha value is -5.67. The van der Waals surface area contributed by atoms with Crippen molar-refractivity contribution in [3.63, 3.8) is 0 Å². The van der Waals surface area contributed by atoms with Crippen LogP contribution < -0.4 is 16.0 Å². The minimum Gasteiger partial charge on any atom is -0.504 e. The number of rotatable bonds is 4. The molecule has 0 unspecified atom stereocenters. The second kappa shape index (κ2) is 9.93. The number of aromatic nitrogens is 7. The molecule has 0 radical (unpaired) electrons. The highest BCUT2D eigenvalue weighted by Gasteiger charge is 2.35. The van der Waals surface area contributed by atoms with Crippen LogP contribution in [0.25, 0.3) is 33.2 Å². The maximum atomic E-state index is 14.2. The average molecular weight is 603 g/mol. The molecule has 2 aromatic carbocycles. The van der Waals surface area contributed by atoms with E-state index in [1.54, 1.807) is 65.9 Å². The molecule has 0 atom stereocenters. The van der Waals surface area contributed by atoms with Crippen molar-refractivity contribution in [2.45, 2.75) is 51.9 Å². The summed E-state index contributed by atoms with van der Waals surface area (Å²) in [6, 6.07) is 12.2. The van der Waals surface area contributed by atoms with Gasteiger partial charge in [-0.15, -0.1) is 0 Å². The Morgan fingerprint density at radius 2 is 1.87 bits per heavy atom. The van der Waals surface area contributed by atoms with Crippen LogP contribution in [0.4, 0.5) is 5.82 Å². The molecular weight excluding hydrogens is 572 g/mol. The first kappa shape index (κ1) is 28.1. The van der Waals surface area contributed by atoms with Crippen molar-refractivity contribution < 1.29 is 14.9 Å². The Morgan fingerprint density at radius 1 is 1.09 bits per heavy atom. The standard InChI is InChI=1S/C33H30N8O4/c1-32(2,44)13-12-19-8-7-9-22-25(19)31(43)41(39-14-5-6-15-39)24(37-22)17-40-30-26(29(34)35-18-36-30)27(38-40)20-10-11-23(42)28-21(20)16-33(3,4)45-28/h5-11,14-15,18,42,44H,16-17H2,1-4H3,(H2,34,35,36). The molecule has 226 valence electrons. The molecule has 0 amide bonds. The zero-order chi connectivity index (χ0) is 31.7. The number of fused-ring (bicyclic) bond motifs is 3. The summed E-state index contributed by atoms with van der Waals surface area (Å²) >= 11 is 0. The molecule has 4 aromatic heterocycles. The summed E-state index contributed by atoms with van der Waals surface area (Å²) in [5.74, 6) is 6.83. The Balaban J connectivity index is 1.44. The largest absolute Gasteiger partial charge is 0.504 e. The first-order valence-electron chi connectivity index (χ1n) is 14.4. The highest BCUT2D eigenvalue weighted by molar-refractivity contribution is 5.99. The summed E-state index contributed by atoms with van der Waals surface area (Å²) in [4.78, 5) is 27.9. The van der Waals surface area contributed by atoms with Crippen molar-refractivity contribution >= 4 is 27.8 Å². The number of aliphatic hydroxyl groups is 1. The van der Waals surface area contributed by atoms with Crippen molar-refractivity contribution in [2.75, 3.05) is 5.73 Å². The zero-order valence-electron chi connectivity index (χ0n) is 25.1. The summed E-state index contributed by atoms with van der Waals surface area (Å²) in [5, 5.41) is 26.6. The second-order valence-corrected chi connectivity index (χ2v) is 12.2. The minimum atomic E-state index is -1.24. The Morgan fingerprint density at radius 3 is 2.62 bits per heavy atom. The number of nitrogens with two attached hydrogens (primary N) is 1. The number of aromatic hydroxyl groups is 1. The molecule has 4 N–H and O–H groups in total. The number of phenols is 1. The molecule has 0 saturated heterocycles. The third kappa shape index (κ3) is 4.83. The third-order valence-corrected chi connectivity index (χ3v) is 7.59. The smallest absolute Gasteiger partial charge is 0.282 e. The van der Waals surface area contributed by atoms with Crippen LogP contribution in [0, 0.1) is 11.8 Å². The topological polar surface area (TPSA) is 159 Å². The first-order valence-corrected chi connectivity index (χ1v) is 14.4. The predicted octanol–water partition coefficient (Wildman–Crippen LogP) is 3.49. The minimum absolute atomic E-state index is 0.0509. The molecule has 1 aliphatic heterocycles. The van der Waals surface area contributed by atoms with Crippen molar-refractivity contribution in [1.29, 1.82) is 0 Å². The molecule has 0 fully saturated rings. The molecule has 5 heterocycles. The maximum absolute atomic E-state index is 14.2. The summed E-state index contributed by atoms with van der Waals surface area (Å²) in [5.41, 5.74) is 7.75. The molecule has 0 bridgehead atoms.